The number of carbonyl (C=O) groups is 2. The molecule has 5 nitrogen and oxygen atoms in total. The molecule has 1 heterocycles. The number of carbonyl (C=O) groups excluding carboxylic acids is 1. The van der Waals surface area contributed by atoms with Crippen molar-refractivity contribution in [3.8, 4) is 0 Å². The minimum Gasteiger partial charge on any atom is -0.480 e. The van der Waals surface area contributed by atoms with Gasteiger partial charge in [0.05, 0.1) is 17.9 Å². The Kier molecular flexibility index (Phi) is 2.71. The number of halogens is 1. The van der Waals surface area contributed by atoms with Crippen molar-refractivity contribution in [1.29, 1.82) is 0 Å². The molecule has 1 aliphatic rings. The number of hydrogen-bond acceptors (Lipinski definition) is 3. The number of amides is 1. The molecule has 1 unspecified atom stereocenters. The van der Waals surface area contributed by atoms with Crippen LogP contribution in [0, 0.1) is 5.82 Å². The number of carboxylic acids is 1. The summed E-state index contributed by atoms with van der Waals surface area (Å²) in [6.07, 6.45) is 0. The highest BCUT2D eigenvalue weighted by Gasteiger charge is 2.29. The zero-order valence-electron chi connectivity index (χ0n) is 9.11. The van der Waals surface area contributed by atoms with E-state index in [-0.39, 0.29) is 12.5 Å². The number of aliphatic carboxylic acids is 1. The molecule has 1 amide bonds. The summed E-state index contributed by atoms with van der Waals surface area (Å²) in [7, 11) is 0. The minimum absolute atomic E-state index is 0.0933. The fourth-order valence-corrected chi connectivity index (χ4v) is 1.76. The Morgan fingerprint density at radius 2 is 2.29 bits per heavy atom. The minimum atomic E-state index is -1.06. The maximum absolute atomic E-state index is 13.1. The fourth-order valence-electron chi connectivity index (χ4n) is 1.76. The van der Waals surface area contributed by atoms with E-state index in [1.165, 1.54) is 30.0 Å². The summed E-state index contributed by atoms with van der Waals surface area (Å²) in [6, 6.07) is 2.97. The number of rotatable bonds is 2. The molecule has 0 radical (unpaired) electrons. The van der Waals surface area contributed by atoms with Crippen LogP contribution in [0.5, 0.6) is 0 Å². The van der Waals surface area contributed by atoms with Gasteiger partial charge in [-0.25, -0.2) is 9.18 Å². The Hall–Kier alpha value is -2.11. The normalized spacial score (nSPS) is 16.1. The lowest BCUT2D eigenvalue weighted by molar-refractivity contribution is -0.138. The molecule has 0 aliphatic carbocycles. The Balaban J connectivity index is 2.46. The lowest BCUT2D eigenvalue weighted by Crippen LogP contribution is -2.46. The number of benzene rings is 1. The highest BCUT2D eigenvalue weighted by Crippen LogP contribution is 2.31. The van der Waals surface area contributed by atoms with Crippen molar-refractivity contribution in [1.82, 2.24) is 0 Å². The van der Waals surface area contributed by atoms with Crippen LogP contribution in [-0.2, 0) is 9.59 Å². The van der Waals surface area contributed by atoms with Gasteiger partial charge in [-0.15, -0.1) is 0 Å². The molecule has 0 aromatic heterocycles. The second-order valence-electron chi connectivity index (χ2n) is 3.85. The first kappa shape index (κ1) is 11.4. The molecule has 1 aliphatic heterocycles. The van der Waals surface area contributed by atoms with Crippen LogP contribution in [0.1, 0.15) is 6.92 Å². The van der Waals surface area contributed by atoms with E-state index >= 15 is 0 Å². The number of nitrogens with one attached hydrogen (secondary N) is 1. The maximum Gasteiger partial charge on any atom is 0.326 e. The topological polar surface area (TPSA) is 69.6 Å². The summed E-state index contributed by atoms with van der Waals surface area (Å²) >= 11 is 0. The molecule has 1 aromatic carbocycles. The van der Waals surface area contributed by atoms with Gasteiger partial charge in [0.1, 0.15) is 11.9 Å². The third-order valence-corrected chi connectivity index (χ3v) is 2.68. The molecular weight excluding hydrogens is 227 g/mol. The van der Waals surface area contributed by atoms with Gasteiger partial charge < -0.3 is 15.3 Å². The van der Waals surface area contributed by atoms with Crippen LogP contribution < -0.4 is 10.2 Å². The van der Waals surface area contributed by atoms with Crippen molar-refractivity contribution in [3.05, 3.63) is 24.0 Å². The number of carboxylic acid groups (broad SMARTS) is 1. The largest absolute Gasteiger partial charge is 0.480 e. The molecule has 0 spiro atoms. The number of fused-ring (bicyclic) bond motifs is 1. The molecular formula is C11H11FN2O3. The van der Waals surface area contributed by atoms with E-state index in [0.29, 0.717) is 11.4 Å². The molecule has 0 fully saturated rings. The molecule has 1 aromatic rings. The summed E-state index contributed by atoms with van der Waals surface area (Å²) in [4.78, 5) is 23.7. The monoisotopic (exact) mass is 238 g/mol. The van der Waals surface area contributed by atoms with Gasteiger partial charge in [-0.3, -0.25) is 4.79 Å². The maximum atomic E-state index is 13.1. The van der Waals surface area contributed by atoms with Crippen LogP contribution >= 0.6 is 0 Å². The van der Waals surface area contributed by atoms with E-state index in [0.717, 1.165) is 0 Å². The van der Waals surface area contributed by atoms with Gasteiger partial charge in [-0.05, 0) is 25.1 Å². The average molecular weight is 238 g/mol. The quantitative estimate of drug-likeness (QED) is 0.808. The molecule has 1 atom stereocenters. The van der Waals surface area contributed by atoms with Crippen molar-refractivity contribution < 1.29 is 19.1 Å². The molecule has 90 valence electrons. The molecule has 0 saturated heterocycles. The molecule has 17 heavy (non-hydrogen) atoms. The highest BCUT2D eigenvalue weighted by molar-refractivity contribution is 6.02. The Labute approximate surface area is 96.8 Å². The van der Waals surface area contributed by atoms with E-state index < -0.39 is 17.8 Å². The zero-order valence-corrected chi connectivity index (χ0v) is 9.11. The van der Waals surface area contributed by atoms with Crippen LogP contribution in [-0.4, -0.2) is 29.6 Å². The Bertz CT molecular complexity index is 490. The molecule has 0 saturated carbocycles. The van der Waals surface area contributed by atoms with Crippen molar-refractivity contribution in [2.75, 3.05) is 16.8 Å². The number of hydrogen-bond donors (Lipinski definition) is 2. The first-order chi connectivity index (χ1) is 7.99. The predicted molar refractivity (Wildman–Crippen MR) is 59.5 cm³/mol. The summed E-state index contributed by atoms with van der Waals surface area (Å²) in [5.41, 5.74) is 0.815. The molecule has 0 bridgehead atoms. The van der Waals surface area contributed by atoms with Crippen LogP contribution in [0.15, 0.2) is 18.2 Å². The second kappa shape index (κ2) is 4.04. The van der Waals surface area contributed by atoms with E-state index in [2.05, 4.69) is 5.32 Å². The lowest BCUT2D eigenvalue weighted by Gasteiger charge is -2.33. The standard InChI is InChI=1S/C11H11FN2O3/c1-6(11(16)17)14-5-10(15)13-8-3-2-7(12)4-9(8)14/h2-4,6H,5H2,1H3,(H,13,15)(H,16,17). The second-order valence-corrected chi connectivity index (χ2v) is 3.85. The third kappa shape index (κ3) is 2.06. The van der Waals surface area contributed by atoms with Crippen LogP contribution in [0.4, 0.5) is 15.8 Å². The van der Waals surface area contributed by atoms with Gasteiger partial charge in [0.25, 0.3) is 0 Å². The van der Waals surface area contributed by atoms with Crippen LogP contribution in [0.3, 0.4) is 0 Å². The van der Waals surface area contributed by atoms with E-state index in [9.17, 15) is 14.0 Å². The Morgan fingerprint density at radius 1 is 1.59 bits per heavy atom. The van der Waals surface area contributed by atoms with Gasteiger partial charge in [-0.1, -0.05) is 0 Å². The van der Waals surface area contributed by atoms with Gasteiger partial charge in [0.15, 0.2) is 0 Å². The Morgan fingerprint density at radius 3 is 2.94 bits per heavy atom. The highest BCUT2D eigenvalue weighted by atomic mass is 19.1. The molecule has 2 rings (SSSR count). The number of anilines is 2. The van der Waals surface area contributed by atoms with Crippen LogP contribution in [0.2, 0.25) is 0 Å². The van der Waals surface area contributed by atoms with E-state index in [1.54, 1.807) is 0 Å². The lowest BCUT2D eigenvalue weighted by atomic mass is 10.1. The number of nitrogens with zero attached hydrogens (tertiary/aromatic N) is 1. The fraction of sp³-hybridized carbons (Fsp3) is 0.273. The zero-order chi connectivity index (χ0) is 12.6. The van der Waals surface area contributed by atoms with Gasteiger partial charge in [0.2, 0.25) is 5.91 Å². The third-order valence-electron chi connectivity index (χ3n) is 2.68. The molecule has 6 heteroatoms. The van der Waals surface area contributed by atoms with Crippen molar-refractivity contribution in [2.24, 2.45) is 0 Å². The van der Waals surface area contributed by atoms with Crippen molar-refractivity contribution >= 4 is 23.3 Å². The van der Waals surface area contributed by atoms with Gasteiger partial charge in [-0.2, -0.15) is 0 Å². The van der Waals surface area contributed by atoms with Crippen molar-refractivity contribution in [3.63, 3.8) is 0 Å². The average Bonchev–Trinajstić information content (AvgIpc) is 2.27. The summed E-state index contributed by atoms with van der Waals surface area (Å²) < 4.78 is 13.1. The smallest absolute Gasteiger partial charge is 0.326 e. The summed E-state index contributed by atoms with van der Waals surface area (Å²) in [5.74, 6) is -1.84. The first-order valence-corrected chi connectivity index (χ1v) is 5.08. The summed E-state index contributed by atoms with van der Waals surface area (Å²) in [5, 5.41) is 11.5. The first-order valence-electron chi connectivity index (χ1n) is 5.08. The predicted octanol–water partition coefficient (Wildman–Crippen LogP) is 1.06. The molecule has 2 N–H and O–H groups in total. The van der Waals surface area contributed by atoms with Crippen LogP contribution in [0.25, 0.3) is 0 Å². The SMILES string of the molecule is CC(C(=O)O)N1CC(=O)Nc2ccc(F)cc21. The van der Waals surface area contributed by atoms with E-state index in [1.807, 2.05) is 0 Å². The van der Waals surface area contributed by atoms with Gasteiger partial charge >= 0.3 is 5.97 Å². The van der Waals surface area contributed by atoms with E-state index in [4.69, 9.17) is 5.11 Å². The van der Waals surface area contributed by atoms with Gasteiger partial charge in [0, 0.05) is 0 Å². The van der Waals surface area contributed by atoms with Crippen molar-refractivity contribution in [2.45, 2.75) is 13.0 Å². The summed E-state index contributed by atoms with van der Waals surface area (Å²) in [6.45, 7) is 1.36.